The van der Waals surface area contributed by atoms with Gasteiger partial charge >= 0.3 is 6.03 Å². The fourth-order valence-corrected chi connectivity index (χ4v) is 3.19. The molecule has 0 unspecified atom stereocenters. The van der Waals surface area contributed by atoms with E-state index in [0.29, 0.717) is 17.3 Å². The molecule has 1 saturated heterocycles. The molecule has 1 heterocycles. The Morgan fingerprint density at radius 1 is 1.13 bits per heavy atom. The van der Waals surface area contributed by atoms with E-state index in [1.54, 1.807) is 19.2 Å². The highest BCUT2D eigenvalue weighted by molar-refractivity contribution is 5.96. The van der Waals surface area contributed by atoms with Crippen LogP contribution in [-0.4, -0.2) is 43.0 Å². The number of urea groups is 1. The monoisotopic (exact) mass is 316 g/mol. The SMILES string of the molecule is CNC(=O)Nc1cccc(NC(=O)[C@H](C2CC2)N2CCCC2)c1. The van der Waals surface area contributed by atoms with Crippen LogP contribution >= 0.6 is 0 Å². The number of carbonyl (C=O) groups excluding carboxylic acids is 2. The van der Waals surface area contributed by atoms with E-state index >= 15 is 0 Å². The molecule has 1 saturated carbocycles. The predicted octanol–water partition coefficient (Wildman–Crippen LogP) is 2.25. The first-order chi connectivity index (χ1) is 11.2. The van der Waals surface area contributed by atoms with Gasteiger partial charge in [-0.05, 0) is 62.9 Å². The highest BCUT2D eigenvalue weighted by Gasteiger charge is 2.40. The molecule has 3 amide bonds. The lowest BCUT2D eigenvalue weighted by Crippen LogP contribution is -2.44. The fourth-order valence-electron chi connectivity index (χ4n) is 3.19. The number of nitrogens with zero attached hydrogens (tertiary/aromatic N) is 1. The Hall–Kier alpha value is -2.08. The van der Waals surface area contributed by atoms with E-state index in [4.69, 9.17) is 0 Å². The molecule has 1 aromatic carbocycles. The van der Waals surface area contributed by atoms with Gasteiger partial charge in [0.1, 0.15) is 0 Å². The van der Waals surface area contributed by atoms with E-state index in [1.165, 1.54) is 12.8 Å². The maximum atomic E-state index is 12.7. The lowest BCUT2D eigenvalue weighted by molar-refractivity contribution is -0.121. The molecule has 1 atom stereocenters. The quantitative estimate of drug-likeness (QED) is 0.780. The number of amides is 3. The average molecular weight is 316 g/mol. The molecule has 0 radical (unpaired) electrons. The third-order valence-corrected chi connectivity index (χ3v) is 4.49. The van der Waals surface area contributed by atoms with Gasteiger partial charge in [-0.1, -0.05) is 6.07 Å². The summed E-state index contributed by atoms with van der Waals surface area (Å²) in [6.07, 6.45) is 4.66. The number of benzene rings is 1. The highest BCUT2D eigenvalue weighted by Crippen LogP contribution is 2.37. The maximum Gasteiger partial charge on any atom is 0.318 e. The van der Waals surface area contributed by atoms with Gasteiger partial charge in [0.25, 0.3) is 0 Å². The summed E-state index contributed by atoms with van der Waals surface area (Å²) >= 11 is 0. The van der Waals surface area contributed by atoms with Gasteiger partial charge in [-0.15, -0.1) is 0 Å². The van der Waals surface area contributed by atoms with E-state index in [2.05, 4.69) is 20.9 Å². The van der Waals surface area contributed by atoms with Crippen LogP contribution in [-0.2, 0) is 4.79 Å². The Morgan fingerprint density at radius 3 is 2.39 bits per heavy atom. The zero-order chi connectivity index (χ0) is 16.2. The molecule has 3 N–H and O–H groups in total. The zero-order valence-electron chi connectivity index (χ0n) is 13.5. The number of hydrogen-bond acceptors (Lipinski definition) is 3. The van der Waals surface area contributed by atoms with Crippen molar-refractivity contribution in [1.29, 1.82) is 0 Å². The summed E-state index contributed by atoms with van der Waals surface area (Å²) in [7, 11) is 1.57. The van der Waals surface area contributed by atoms with Crippen molar-refractivity contribution in [2.45, 2.75) is 31.7 Å². The molecule has 6 heteroatoms. The average Bonchev–Trinajstić information content (AvgIpc) is 3.21. The summed E-state index contributed by atoms with van der Waals surface area (Å²) in [4.78, 5) is 26.4. The van der Waals surface area contributed by atoms with Crippen LogP contribution in [0.5, 0.6) is 0 Å². The molecule has 0 spiro atoms. The normalized spacial score (nSPS) is 19.2. The van der Waals surface area contributed by atoms with Crippen molar-refractivity contribution in [2.75, 3.05) is 30.8 Å². The van der Waals surface area contributed by atoms with Gasteiger partial charge in [0.15, 0.2) is 0 Å². The number of likely N-dealkylation sites (tertiary alicyclic amines) is 1. The van der Waals surface area contributed by atoms with Crippen molar-refractivity contribution in [2.24, 2.45) is 5.92 Å². The number of hydrogen-bond donors (Lipinski definition) is 3. The first-order valence-corrected chi connectivity index (χ1v) is 8.31. The van der Waals surface area contributed by atoms with E-state index < -0.39 is 0 Å². The Kier molecular flexibility index (Phi) is 4.81. The van der Waals surface area contributed by atoms with Gasteiger partial charge in [0.2, 0.25) is 5.91 Å². The largest absolute Gasteiger partial charge is 0.341 e. The van der Waals surface area contributed by atoms with Crippen LogP contribution in [0.3, 0.4) is 0 Å². The van der Waals surface area contributed by atoms with E-state index in [9.17, 15) is 9.59 Å². The van der Waals surface area contributed by atoms with Crippen molar-refractivity contribution >= 4 is 23.3 Å². The summed E-state index contributed by atoms with van der Waals surface area (Å²) in [5.41, 5.74) is 1.38. The Balaban J connectivity index is 1.66. The van der Waals surface area contributed by atoms with Gasteiger partial charge in [0.05, 0.1) is 6.04 Å². The summed E-state index contributed by atoms with van der Waals surface area (Å²) in [5.74, 6) is 0.576. The Bertz CT molecular complexity index is 580. The highest BCUT2D eigenvalue weighted by atomic mass is 16.2. The van der Waals surface area contributed by atoms with Crippen molar-refractivity contribution in [3.63, 3.8) is 0 Å². The van der Waals surface area contributed by atoms with Crippen molar-refractivity contribution in [3.8, 4) is 0 Å². The molecular weight excluding hydrogens is 292 g/mol. The van der Waals surface area contributed by atoms with Gasteiger partial charge in [-0.25, -0.2) is 4.79 Å². The molecule has 1 aliphatic carbocycles. The smallest absolute Gasteiger partial charge is 0.318 e. The van der Waals surface area contributed by atoms with E-state index in [1.807, 2.05) is 12.1 Å². The number of rotatable bonds is 5. The molecule has 0 aromatic heterocycles. The zero-order valence-corrected chi connectivity index (χ0v) is 13.5. The van der Waals surface area contributed by atoms with Gasteiger partial charge in [-0.2, -0.15) is 0 Å². The number of nitrogens with one attached hydrogen (secondary N) is 3. The molecule has 1 aromatic rings. The van der Waals surface area contributed by atoms with E-state index in [0.717, 1.165) is 25.9 Å². The van der Waals surface area contributed by atoms with Crippen LogP contribution in [0.4, 0.5) is 16.2 Å². The van der Waals surface area contributed by atoms with Crippen molar-refractivity contribution in [3.05, 3.63) is 24.3 Å². The standard InChI is InChI=1S/C17H24N4O2/c1-18-17(23)20-14-6-4-5-13(11-14)19-16(22)15(12-7-8-12)21-9-2-3-10-21/h4-6,11-12,15H,2-3,7-10H2,1H3,(H,19,22)(H2,18,20,23)/t15-/m0/s1. The van der Waals surface area contributed by atoms with Crippen LogP contribution in [0.25, 0.3) is 0 Å². The first-order valence-electron chi connectivity index (χ1n) is 8.31. The molecule has 124 valence electrons. The lowest BCUT2D eigenvalue weighted by atomic mass is 10.1. The van der Waals surface area contributed by atoms with Crippen LogP contribution in [0, 0.1) is 5.92 Å². The minimum Gasteiger partial charge on any atom is -0.341 e. The van der Waals surface area contributed by atoms with Crippen LogP contribution in [0.15, 0.2) is 24.3 Å². The second-order valence-electron chi connectivity index (χ2n) is 6.30. The Labute approximate surface area is 136 Å². The number of anilines is 2. The Morgan fingerprint density at radius 2 is 1.78 bits per heavy atom. The third kappa shape index (κ3) is 4.01. The molecule has 0 bridgehead atoms. The minimum atomic E-state index is -0.276. The maximum absolute atomic E-state index is 12.7. The van der Waals surface area contributed by atoms with Crippen LogP contribution in [0.1, 0.15) is 25.7 Å². The summed E-state index contributed by atoms with van der Waals surface area (Å²) in [6, 6.07) is 6.96. The molecule has 3 rings (SSSR count). The molecule has 2 aliphatic rings. The van der Waals surface area contributed by atoms with Gasteiger partial charge < -0.3 is 16.0 Å². The minimum absolute atomic E-state index is 0.00643. The summed E-state index contributed by atoms with van der Waals surface area (Å²) in [5, 5.41) is 8.24. The van der Waals surface area contributed by atoms with Gasteiger partial charge in [-0.3, -0.25) is 9.69 Å². The first kappa shape index (κ1) is 15.8. The lowest BCUT2D eigenvalue weighted by Gasteiger charge is -2.26. The molecule has 2 fully saturated rings. The fraction of sp³-hybridized carbons (Fsp3) is 0.529. The van der Waals surface area contributed by atoms with E-state index in [-0.39, 0.29) is 18.0 Å². The second kappa shape index (κ2) is 7.00. The third-order valence-electron chi connectivity index (χ3n) is 4.49. The summed E-state index contributed by atoms with van der Waals surface area (Å²) in [6.45, 7) is 2.04. The number of carbonyl (C=O) groups is 2. The molecule has 6 nitrogen and oxygen atoms in total. The predicted molar refractivity (Wildman–Crippen MR) is 90.5 cm³/mol. The molecule has 23 heavy (non-hydrogen) atoms. The molecule has 1 aliphatic heterocycles. The topological polar surface area (TPSA) is 73.5 Å². The van der Waals surface area contributed by atoms with Crippen LogP contribution in [0.2, 0.25) is 0 Å². The summed E-state index contributed by atoms with van der Waals surface area (Å²) < 4.78 is 0. The molecular formula is C17H24N4O2. The van der Waals surface area contributed by atoms with Crippen molar-refractivity contribution < 1.29 is 9.59 Å². The van der Waals surface area contributed by atoms with Crippen molar-refractivity contribution in [1.82, 2.24) is 10.2 Å². The second-order valence-corrected chi connectivity index (χ2v) is 6.30. The van der Waals surface area contributed by atoms with Gasteiger partial charge in [0, 0.05) is 18.4 Å². The van der Waals surface area contributed by atoms with Crippen LogP contribution < -0.4 is 16.0 Å².